The summed E-state index contributed by atoms with van der Waals surface area (Å²) in [6.45, 7) is 3.75. The predicted octanol–water partition coefficient (Wildman–Crippen LogP) is 2.07. The molecule has 0 saturated heterocycles. The zero-order valence-electron chi connectivity index (χ0n) is 10.6. The minimum atomic E-state index is -1.26. The van der Waals surface area contributed by atoms with Gasteiger partial charge in [0.25, 0.3) is 0 Å². The lowest BCUT2D eigenvalue weighted by molar-refractivity contribution is -0.126. The molecule has 0 radical (unpaired) electrons. The summed E-state index contributed by atoms with van der Waals surface area (Å²) in [5.41, 5.74) is 0.953. The Bertz CT molecular complexity index is 484. The molecule has 3 nitrogen and oxygen atoms in total. The van der Waals surface area contributed by atoms with Crippen LogP contribution in [0, 0.1) is 0 Å². The molecule has 1 heterocycles. The lowest BCUT2D eigenvalue weighted by Crippen LogP contribution is -2.45. The summed E-state index contributed by atoms with van der Waals surface area (Å²) >= 11 is 0. The number of benzene rings is 1. The molecular formula is C14H17NO2S. The van der Waals surface area contributed by atoms with Crippen LogP contribution in [0.25, 0.3) is 0 Å². The zero-order chi connectivity index (χ0) is 13.1. The number of hydrogen-bond acceptors (Lipinski definition) is 2. The summed E-state index contributed by atoms with van der Waals surface area (Å²) in [5.74, 6) is -0.0803. The van der Waals surface area contributed by atoms with Crippen LogP contribution in [0.4, 0.5) is 0 Å². The van der Waals surface area contributed by atoms with Gasteiger partial charge in [-0.25, -0.2) is 4.21 Å². The van der Waals surface area contributed by atoms with Crippen molar-refractivity contribution >= 4 is 16.9 Å². The Morgan fingerprint density at radius 1 is 1.22 bits per heavy atom. The summed E-state index contributed by atoms with van der Waals surface area (Å²) < 4.78 is 13.6. The molecule has 4 heteroatoms. The van der Waals surface area contributed by atoms with E-state index in [2.05, 4.69) is 0 Å². The van der Waals surface area contributed by atoms with Gasteiger partial charge in [0.15, 0.2) is 0 Å². The molecule has 0 saturated carbocycles. The number of carbonyl (C=O) groups is 1. The third-order valence-corrected chi connectivity index (χ3v) is 4.70. The molecule has 96 valence electrons. The van der Waals surface area contributed by atoms with E-state index in [1.54, 1.807) is 0 Å². The van der Waals surface area contributed by atoms with Crippen LogP contribution >= 0.6 is 0 Å². The largest absolute Gasteiger partial charge is 0.273 e. The van der Waals surface area contributed by atoms with Crippen LogP contribution in [-0.4, -0.2) is 25.7 Å². The fraction of sp³-hybridized carbons (Fsp3) is 0.357. The second-order valence-corrected chi connectivity index (χ2v) is 6.18. The van der Waals surface area contributed by atoms with E-state index in [4.69, 9.17) is 0 Å². The maximum atomic E-state index is 12.2. The highest BCUT2D eigenvalue weighted by Crippen LogP contribution is 2.18. The van der Waals surface area contributed by atoms with E-state index in [0.717, 1.165) is 5.56 Å². The molecule has 1 aliphatic heterocycles. The first-order valence-electron chi connectivity index (χ1n) is 6.04. The number of nitrogens with zero attached hydrogens (tertiary/aromatic N) is 1. The summed E-state index contributed by atoms with van der Waals surface area (Å²) in [6, 6.07) is 9.45. The van der Waals surface area contributed by atoms with Crippen molar-refractivity contribution in [2.24, 2.45) is 0 Å². The van der Waals surface area contributed by atoms with Gasteiger partial charge in [0.05, 0.1) is 17.7 Å². The van der Waals surface area contributed by atoms with Gasteiger partial charge in [-0.3, -0.25) is 9.10 Å². The molecule has 1 aromatic rings. The van der Waals surface area contributed by atoms with Crippen LogP contribution in [0.2, 0.25) is 0 Å². The Balaban J connectivity index is 2.14. The van der Waals surface area contributed by atoms with E-state index in [1.807, 2.05) is 56.3 Å². The number of hydrogen-bond donors (Lipinski definition) is 0. The van der Waals surface area contributed by atoms with E-state index in [-0.39, 0.29) is 17.2 Å². The van der Waals surface area contributed by atoms with Gasteiger partial charge in [-0.05, 0) is 19.4 Å². The third-order valence-electron chi connectivity index (χ3n) is 2.99. The Labute approximate surface area is 110 Å². The topological polar surface area (TPSA) is 37.4 Å². The molecular weight excluding hydrogens is 246 g/mol. The van der Waals surface area contributed by atoms with Gasteiger partial charge in [0, 0.05) is 0 Å². The predicted molar refractivity (Wildman–Crippen MR) is 73.2 cm³/mol. The number of carbonyl (C=O) groups excluding carboxylic acids is 1. The quantitative estimate of drug-likeness (QED) is 0.766. The number of rotatable bonds is 2. The highest BCUT2D eigenvalue weighted by Gasteiger charge is 2.30. The maximum Gasteiger partial charge on any atom is 0.239 e. The molecule has 1 aliphatic rings. The molecule has 0 aromatic heterocycles. The first-order chi connectivity index (χ1) is 8.59. The van der Waals surface area contributed by atoms with E-state index in [9.17, 15) is 9.00 Å². The van der Waals surface area contributed by atoms with Crippen molar-refractivity contribution in [2.45, 2.75) is 31.6 Å². The van der Waals surface area contributed by atoms with Crippen LogP contribution in [0.15, 0.2) is 42.5 Å². The molecule has 3 atom stereocenters. The van der Waals surface area contributed by atoms with Gasteiger partial charge in [0.2, 0.25) is 5.91 Å². The second kappa shape index (κ2) is 5.48. The van der Waals surface area contributed by atoms with Crippen molar-refractivity contribution in [1.29, 1.82) is 0 Å². The third kappa shape index (κ3) is 2.70. The highest BCUT2D eigenvalue weighted by molar-refractivity contribution is 7.84. The van der Waals surface area contributed by atoms with Gasteiger partial charge in [0.1, 0.15) is 11.0 Å². The van der Waals surface area contributed by atoms with E-state index >= 15 is 0 Å². The van der Waals surface area contributed by atoms with Crippen molar-refractivity contribution in [1.82, 2.24) is 4.31 Å². The van der Waals surface area contributed by atoms with Gasteiger partial charge in [-0.15, -0.1) is 0 Å². The normalized spacial score (nSPS) is 27.2. The molecule has 0 spiro atoms. The van der Waals surface area contributed by atoms with E-state index < -0.39 is 11.0 Å². The van der Waals surface area contributed by atoms with Crippen molar-refractivity contribution in [3.63, 3.8) is 0 Å². The molecule has 1 aromatic carbocycles. The van der Waals surface area contributed by atoms with Crippen LogP contribution in [-0.2, 0) is 22.2 Å². The average molecular weight is 263 g/mol. The minimum Gasteiger partial charge on any atom is -0.273 e. The van der Waals surface area contributed by atoms with Crippen LogP contribution < -0.4 is 0 Å². The Kier molecular flexibility index (Phi) is 3.97. The summed E-state index contributed by atoms with van der Waals surface area (Å²) in [4.78, 5) is 12.2. The smallest absolute Gasteiger partial charge is 0.239 e. The van der Waals surface area contributed by atoms with Crippen LogP contribution in [0.5, 0.6) is 0 Å². The molecule has 0 unspecified atom stereocenters. The molecule has 18 heavy (non-hydrogen) atoms. The standard InChI is InChI=1S/C14H17NO2S/c1-11-8-9-12(2)18(17)15(11)14(16)10-13-6-4-3-5-7-13/h3-9,11-12H,10H2,1-2H3/t11-,12+,18-/m1/s1. The SMILES string of the molecule is C[C@@H]1C=C[C@H](C)[S@@](=O)N1C(=O)Cc1ccccc1. The van der Waals surface area contributed by atoms with E-state index in [1.165, 1.54) is 4.31 Å². The molecule has 1 amide bonds. The second-order valence-electron chi connectivity index (χ2n) is 4.49. The lowest BCUT2D eigenvalue weighted by atomic mass is 10.1. The van der Waals surface area contributed by atoms with Crippen LogP contribution in [0.3, 0.4) is 0 Å². The Morgan fingerprint density at radius 2 is 1.89 bits per heavy atom. The highest BCUT2D eigenvalue weighted by atomic mass is 32.2. The summed E-state index contributed by atoms with van der Waals surface area (Å²) in [5, 5.41) is -0.0964. The minimum absolute atomic E-state index is 0.0803. The van der Waals surface area contributed by atoms with Gasteiger partial charge in [-0.2, -0.15) is 0 Å². The first-order valence-corrected chi connectivity index (χ1v) is 7.21. The Morgan fingerprint density at radius 3 is 2.56 bits per heavy atom. The first kappa shape index (κ1) is 13.0. The van der Waals surface area contributed by atoms with Crippen LogP contribution in [0.1, 0.15) is 19.4 Å². The van der Waals surface area contributed by atoms with Crippen molar-refractivity contribution in [3.05, 3.63) is 48.0 Å². The summed E-state index contributed by atoms with van der Waals surface area (Å²) in [6.07, 6.45) is 4.15. The molecule has 0 aliphatic carbocycles. The molecule has 2 rings (SSSR count). The monoisotopic (exact) mass is 263 g/mol. The van der Waals surface area contributed by atoms with Crippen molar-refractivity contribution in [2.75, 3.05) is 0 Å². The Hall–Kier alpha value is -1.42. The van der Waals surface area contributed by atoms with Gasteiger partial charge >= 0.3 is 0 Å². The number of amides is 1. The molecule has 0 N–H and O–H groups in total. The van der Waals surface area contributed by atoms with Gasteiger partial charge < -0.3 is 0 Å². The summed E-state index contributed by atoms with van der Waals surface area (Å²) in [7, 11) is -1.26. The molecule has 0 fully saturated rings. The fourth-order valence-electron chi connectivity index (χ4n) is 1.98. The van der Waals surface area contributed by atoms with Crippen molar-refractivity contribution < 1.29 is 9.00 Å². The zero-order valence-corrected chi connectivity index (χ0v) is 11.4. The molecule has 0 bridgehead atoms. The van der Waals surface area contributed by atoms with Crippen molar-refractivity contribution in [3.8, 4) is 0 Å². The van der Waals surface area contributed by atoms with Gasteiger partial charge in [-0.1, -0.05) is 42.5 Å². The fourth-order valence-corrected chi connectivity index (χ4v) is 3.23. The lowest BCUT2D eigenvalue weighted by Gasteiger charge is -2.31. The maximum absolute atomic E-state index is 12.2. The average Bonchev–Trinajstić information content (AvgIpc) is 2.36. The van der Waals surface area contributed by atoms with E-state index in [0.29, 0.717) is 6.42 Å².